The lowest BCUT2D eigenvalue weighted by Crippen LogP contribution is -2.46. The quantitative estimate of drug-likeness (QED) is 0.928. The molecule has 1 atom stereocenters. The molecule has 1 aliphatic heterocycles. The summed E-state index contributed by atoms with van der Waals surface area (Å²) in [5, 5.41) is 3.13. The van der Waals surface area contributed by atoms with Crippen LogP contribution in [-0.4, -0.2) is 46.0 Å². The van der Waals surface area contributed by atoms with Gasteiger partial charge in [0.1, 0.15) is 5.69 Å². The second-order valence-corrected chi connectivity index (χ2v) is 7.29. The van der Waals surface area contributed by atoms with Crippen LogP contribution in [0.2, 0.25) is 0 Å². The Morgan fingerprint density at radius 2 is 2.04 bits per heavy atom. The third kappa shape index (κ3) is 3.94. The first kappa shape index (κ1) is 16.5. The largest absolute Gasteiger partial charge is 0.350 e. The third-order valence-corrected chi connectivity index (χ3v) is 5.53. The number of carbonyl (C=O) groups excluding carboxylic acids is 1. The summed E-state index contributed by atoms with van der Waals surface area (Å²) in [6, 6.07) is 0.793. The summed E-state index contributed by atoms with van der Waals surface area (Å²) in [6.45, 7) is 5.07. The van der Waals surface area contributed by atoms with Crippen LogP contribution in [0.5, 0.6) is 0 Å². The average molecular weight is 318 g/mol. The highest BCUT2D eigenvalue weighted by Gasteiger charge is 2.27. The van der Waals surface area contributed by atoms with Crippen LogP contribution in [0.1, 0.15) is 61.1 Å². The van der Waals surface area contributed by atoms with E-state index >= 15 is 0 Å². The summed E-state index contributed by atoms with van der Waals surface area (Å²) in [5.74, 6) is 0.598. The molecule has 0 radical (unpaired) electrons. The lowest BCUT2D eigenvalue weighted by molar-refractivity contribution is 0.0860. The van der Waals surface area contributed by atoms with E-state index in [4.69, 9.17) is 0 Å². The molecule has 0 aromatic carbocycles. The molecule has 2 heterocycles. The maximum absolute atomic E-state index is 12.4. The molecule has 1 saturated heterocycles. The molecule has 0 bridgehead atoms. The molecular weight excluding hydrogens is 288 g/mol. The molecule has 23 heavy (non-hydrogen) atoms. The highest BCUT2D eigenvalue weighted by Crippen LogP contribution is 2.26. The number of nitrogens with one attached hydrogen (secondary N) is 1. The van der Waals surface area contributed by atoms with E-state index < -0.39 is 0 Å². The molecule has 5 heteroatoms. The second kappa shape index (κ2) is 7.47. The Kier molecular flexibility index (Phi) is 5.36. The lowest BCUT2D eigenvalue weighted by atomic mass is 9.90. The van der Waals surface area contributed by atoms with Crippen molar-refractivity contribution in [3.8, 4) is 0 Å². The Morgan fingerprint density at radius 3 is 2.74 bits per heavy atom. The van der Waals surface area contributed by atoms with E-state index in [1.165, 1.54) is 51.5 Å². The Labute approximate surface area is 139 Å². The van der Waals surface area contributed by atoms with E-state index in [1.807, 2.05) is 14.0 Å². The van der Waals surface area contributed by atoms with Crippen LogP contribution >= 0.6 is 0 Å². The van der Waals surface area contributed by atoms with Crippen molar-refractivity contribution < 1.29 is 4.79 Å². The number of hydrogen-bond donors (Lipinski definition) is 1. The zero-order chi connectivity index (χ0) is 16.2. The van der Waals surface area contributed by atoms with E-state index in [0.29, 0.717) is 11.6 Å². The highest BCUT2D eigenvalue weighted by atomic mass is 16.2. The van der Waals surface area contributed by atoms with E-state index in [1.54, 1.807) is 10.9 Å². The zero-order valence-electron chi connectivity index (χ0n) is 14.6. The van der Waals surface area contributed by atoms with Gasteiger partial charge in [-0.15, -0.1) is 0 Å². The monoisotopic (exact) mass is 318 g/mol. The Hall–Kier alpha value is -1.36. The van der Waals surface area contributed by atoms with Crippen LogP contribution in [0.15, 0.2) is 6.33 Å². The van der Waals surface area contributed by atoms with Gasteiger partial charge in [-0.1, -0.05) is 19.3 Å². The van der Waals surface area contributed by atoms with Crippen molar-refractivity contribution >= 4 is 5.91 Å². The molecule has 2 fully saturated rings. The second-order valence-electron chi connectivity index (χ2n) is 7.29. The first-order valence-electron chi connectivity index (χ1n) is 9.15. The van der Waals surface area contributed by atoms with Gasteiger partial charge < -0.3 is 14.8 Å². The molecular formula is C18H30N4O. The highest BCUT2D eigenvalue weighted by molar-refractivity contribution is 5.93. The maximum Gasteiger partial charge on any atom is 0.269 e. The molecule has 1 aromatic rings. The minimum absolute atomic E-state index is 0.0114. The summed E-state index contributed by atoms with van der Waals surface area (Å²) in [5.41, 5.74) is 1.49. The van der Waals surface area contributed by atoms with Crippen LogP contribution in [0.25, 0.3) is 0 Å². The van der Waals surface area contributed by atoms with E-state index in [0.717, 1.165) is 24.8 Å². The molecule has 0 unspecified atom stereocenters. The molecule has 1 saturated carbocycles. The number of piperidine rings is 1. The number of aromatic nitrogens is 2. The van der Waals surface area contributed by atoms with Crippen molar-refractivity contribution in [3.05, 3.63) is 17.7 Å². The summed E-state index contributed by atoms with van der Waals surface area (Å²) < 4.78 is 1.81. The van der Waals surface area contributed by atoms with Gasteiger partial charge in [-0.3, -0.25) is 4.79 Å². The average Bonchev–Trinajstić information content (AvgIpc) is 2.92. The predicted octanol–water partition coefficient (Wildman–Crippen LogP) is 2.50. The SMILES string of the molecule is Cc1ncn(C)c1C(=O)NC[C@H]1CCCN(C2CCCCC2)C1. The van der Waals surface area contributed by atoms with Gasteiger partial charge in [-0.25, -0.2) is 4.98 Å². The fourth-order valence-electron chi connectivity index (χ4n) is 4.23. The standard InChI is InChI=1S/C18H30N4O/c1-14-17(21(2)13-20-14)18(23)19-11-15-7-6-10-22(12-15)16-8-4-3-5-9-16/h13,15-16H,3-12H2,1-2H3,(H,19,23)/t15-/m1/s1. The molecule has 1 N–H and O–H groups in total. The normalized spacial score (nSPS) is 23.8. The topological polar surface area (TPSA) is 50.2 Å². The van der Waals surface area contributed by atoms with Crippen LogP contribution < -0.4 is 5.32 Å². The fourth-order valence-corrected chi connectivity index (χ4v) is 4.23. The number of hydrogen-bond acceptors (Lipinski definition) is 3. The molecule has 3 rings (SSSR count). The Morgan fingerprint density at radius 1 is 1.26 bits per heavy atom. The van der Waals surface area contributed by atoms with Crippen molar-refractivity contribution in [1.82, 2.24) is 19.8 Å². The van der Waals surface area contributed by atoms with Crippen LogP contribution in [-0.2, 0) is 7.05 Å². The molecule has 2 aliphatic rings. The van der Waals surface area contributed by atoms with Gasteiger partial charge in [0.05, 0.1) is 12.0 Å². The van der Waals surface area contributed by atoms with Crippen LogP contribution in [0, 0.1) is 12.8 Å². The minimum atomic E-state index is 0.0114. The number of aryl methyl sites for hydroxylation is 2. The van der Waals surface area contributed by atoms with Crippen molar-refractivity contribution in [2.45, 2.75) is 57.9 Å². The molecule has 5 nitrogen and oxygen atoms in total. The van der Waals surface area contributed by atoms with Gasteiger partial charge in [0.25, 0.3) is 5.91 Å². The summed E-state index contributed by atoms with van der Waals surface area (Å²) in [6.07, 6.45) is 11.1. The van der Waals surface area contributed by atoms with Gasteiger partial charge in [-0.05, 0) is 45.1 Å². The summed E-state index contributed by atoms with van der Waals surface area (Å²) in [7, 11) is 1.88. The maximum atomic E-state index is 12.4. The van der Waals surface area contributed by atoms with Crippen molar-refractivity contribution in [1.29, 1.82) is 0 Å². The van der Waals surface area contributed by atoms with Crippen molar-refractivity contribution in [2.75, 3.05) is 19.6 Å². The molecule has 1 aliphatic carbocycles. The zero-order valence-corrected chi connectivity index (χ0v) is 14.6. The van der Waals surface area contributed by atoms with E-state index in [2.05, 4.69) is 15.2 Å². The molecule has 128 valence electrons. The Balaban J connectivity index is 1.51. The first-order chi connectivity index (χ1) is 11.1. The molecule has 1 amide bonds. The number of nitrogens with zero attached hydrogens (tertiary/aromatic N) is 3. The predicted molar refractivity (Wildman–Crippen MR) is 91.4 cm³/mol. The number of rotatable bonds is 4. The number of carbonyl (C=O) groups is 1. The van der Waals surface area contributed by atoms with Crippen molar-refractivity contribution in [3.63, 3.8) is 0 Å². The van der Waals surface area contributed by atoms with Gasteiger partial charge in [0.2, 0.25) is 0 Å². The number of imidazole rings is 1. The first-order valence-corrected chi connectivity index (χ1v) is 9.15. The smallest absolute Gasteiger partial charge is 0.269 e. The lowest BCUT2D eigenvalue weighted by Gasteiger charge is -2.40. The van der Waals surface area contributed by atoms with Crippen LogP contribution in [0.4, 0.5) is 0 Å². The summed E-state index contributed by atoms with van der Waals surface area (Å²) >= 11 is 0. The van der Waals surface area contributed by atoms with Gasteiger partial charge >= 0.3 is 0 Å². The van der Waals surface area contributed by atoms with E-state index in [-0.39, 0.29) is 5.91 Å². The van der Waals surface area contributed by atoms with Crippen molar-refractivity contribution in [2.24, 2.45) is 13.0 Å². The minimum Gasteiger partial charge on any atom is -0.350 e. The van der Waals surface area contributed by atoms with Crippen LogP contribution in [0.3, 0.4) is 0 Å². The van der Waals surface area contributed by atoms with Gasteiger partial charge in [0.15, 0.2) is 0 Å². The summed E-state index contributed by atoms with van der Waals surface area (Å²) in [4.78, 5) is 19.3. The van der Waals surface area contributed by atoms with Gasteiger partial charge in [0, 0.05) is 26.2 Å². The fraction of sp³-hybridized carbons (Fsp3) is 0.778. The van der Waals surface area contributed by atoms with E-state index in [9.17, 15) is 4.79 Å². The number of likely N-dealkylation sites (tertiary alicyclic amines) is 1. The molecule has 0 spiro atoms. The number of amides is 1. The van der Waals surface area contributed by atoms with Gasteiger partial charge in [-0.2, -0.15) is 0 Å². The third-order valence-electron chi connectivity index (χ3n) is 5.53. The molecule has 1 aromatic heterocycles. The Bertz CT molecular complexity index is 514.